The fourth-order valence-electron chi connectivity index (χ4n) is 3.59. The van der Waals surface area contributed by atoms with Crippen LogP contribution in [0.25, 0.3) is 0 Å². The minimum atomic E-state index is -0.405. The molecule has 0 spiro atoms. The second-order valence-corrected chi connectivity index (χ2v) is 9.96. The molecule has 1 amide bonds. The van der Waals surface area contributed by atoms with Crippen LogP contribution in [0.1, 0.15) is 44.1 Å². The average Bonchev–Trinajstić information content (AvgIpc) is 3.43. The number of hydrogen-bond acceptors (Lipinski definition) is 7. The van der Waals surface area contributed by atoms with Crippen LogP contribution in [0.2, 0.25) is 0 Å². The molecule has 0 radical (unpaired) electrons. The molecule has 0 saturated carbocycles. The van der Waals surface area contributed by atoms with Crippen molar-refractivity contribution in [1.29, 1.82) is 0 Å². The van der Waals surface area contributed by atoms with Crippen LogP contribution in [0.3, 0.4) is 0 Å². The zero-order valence-electron chi connectivity index (χ0n) is 23.1. The van der Waals surface area contributed by atoms with Crippen molar-refractivity contribution in [2.45, 2.75) is 32.6 Å². The van der Waals surface area contributed by atoms with Crippen LogP contribution in [-0.4, -0.2) is 63.0 Å². The second kappa shape index (κ2) is 14.9. The number of carbonyl (C=O) groups excluding carboxylic acids is 1. The van der Waals surface area contributed by atoms with Gasteiger partial charge < -0.3 is 24.6 Å². The molecular weight excluding hydrogens is 499 g/mol. The highest BCUT2D eigenvalue weighted by Gasteiger charge is 2.19. The molecule has 0 unspecified atom stereocenters. The minimum absolute atomic E-state index is 0.0437. The Labute approximate surface area is 229 Å². The van der Waals surface area contributed by atoms with Gasteiger partial charge in [-0.05, 0) is 42.8 Å². The van der Waals surface area contributed by atoms with E-state index in [0.29, 0.717) is 30.0 Å². The summed E-state index contributed by atoms with van der Waals surface area (Å²) in [6.45, 7) is 11.3. The molecule has 8 nitrogen and oxygen atoms in total. The number of nitrogens with one attached hydrogen (secondary N) is 2. The number of rotatable bonds is 8. The van der Waals surface area contributed by atoms with Crippen molar-refractivity contribution in [3.63, 3.8) is 0 Å². The number of anilines is 2. The first-order chi connectivity index (χ1) is 18.8. The van der Waals surface area contributed by atoms with Gasteiger partial charge in [0.05, 0.1) is 25.4 Å². The average molecular weight is 537 g/mol. The lowest BCUT2D eigenvalue weighted by molar-refractivity contribution is -0.105. The summed E-state index contributed by atoms with van der Waals surface area (Å²) in [5.41, 5.74) is 1.78. The first-order valence-corrected chi connectivity index (χ1v) is 13.0. The predicted octanol–water partition coefficient (Wildman–Crippen LogP) is 4.91. The van der Waals surface area contributed by atoms with E-state index in [4.69, 9.17) is 14.0 Å². The van der Waals surface area contributed by atoms with Gasteiger partial charge in [-0.2, -0.15) is 0 Å². The molecule has 1 fully saturated rings. The van der Waals surface area contributed by atoms with E-state index in [1.165, 1.54) is 6.07 Å². The minimum Gasteiger partial charge on any atom is -0.493 e. The van der Waals surface area contributed by atoms with Crippen molar-refractivity contribution in [2.75, 3.05) is 57.1 Å². The summed E-state index contributed by atoms with van der Waals surface area (Å²) in [6.07, 6.45) is 1.50. The Hall–Kier alpha value is -3.87. The van der Waals surface area contributed by atoms with Crippen LogP contribution in [-0.2, 0) is 14.9 Å². The van der Waals surface area contributed by atoms with E-state index in [2.05, 4.69) is 53.3 Å². The van der Waals surface area contributed by atoms with Crippen molar-refractivity contribution in [3.8, 4) is 17.6 Å². The fraction of sp³-hybridized carbons (Fsp3) is 0.400. The molecule has 1 aliphatic rings. The quantitative estimate of drug-likeness (QED) is 0.240. The summed E-state index contributed by atoms with van der Waals surface area (Å²) in [7, 11) is 1.82. The molecule has 1 aliphatic heterocycles. The maximum absolute atomic E-state index is 14.3. The number of benzene rings is 2. The molecule has 9 heteroatoms. The molecular formula is C30H37FN4O4. The topological polar surface area (TPSA) is 88.9 Å². The maximum atomic E-state index is 14.3. The van der Waals surface area contributed by atoms with Gasteiger partial charge in [0.25, 0.3) is 0 Å². The van der Waals surface area contributed by atoms with Crippen LogP contribution in [0.5, 0.6) is 5.75 Å². The van der Waals surface area contributed by atoms with Crippen LogP contribution in [0, 0.1) is 17.7 Å². The Kier molecular flexibility index (Phi) is 11.3. The van der Waals surface area contributed by atoms with E-state index in [9.17, 15) is 9.18 Å². The third-order valence-corrected chi connectivity index (χ3v) is 5.89. The molecule has 1 saturated heterocycles. The van der Waals surface area contributed by atoms with Crippen molar-refractivity contribution < 1.29 is 23.2 Å². The van der Waals surface area contributed by atoms with E-state index in [1.807, 2.05) is 13.1 Å². The molecule has 3 aromatic rings. The summed E-state index contributed by atoms with van der Waals surface area (Å²) in [5, 5.41) is 9.28. The zero-order chi connectivity index (χ0) is 28.1. The van der Waals surface area contributed by atoms with E-state index < -0.39 is 5.82 Å². The molecule has 1 aromatic heterocycles. The van der Waals surface area contributed by atoms with E-state index in [0.717, 1.165) is 56.4 Å². The number of amides is 1. The first-order valence-electron chi connectivity index (χ1n) is 13.0. The van der Waals surface area contributed by atoms with Gasteiger partial charge in [-0.15, -0.1) is 0 Å². The van der Waals surface area contributed by atoms with Gasteiger partial charge in [-0.1, -0.05) is 37.8 Å². The van der Waals surface area contributed by atoms with Crippen LogP contribution >= 0.6 is 0 Å². The third-order valence-electron chi connectivity index (χ3n) is 5.89. The van der Waals surface area contributed by atoms with Crippen molar-refractivity contribution in [3.05, 3.63) is 71.2 Å². The largest absolute Gasteiger partial charge is 0.493 e. The van der Waals surface area contributed by atoms with Gasteiger partial charge in [-0.25, -0.2) is 4.39 Å². The highest BCUT2D eigenvalue weighted by molar-refractivity contribution is 5.71. The van der Waals surface area contributed by atoms with E-state index in [1.54, 1.807) is 36.4 Å². The van der Waals surface area contributed by atoms with Crippen LogP contribution in [0.4, 0.5) is 15.9 Å². The van der Waals surface area contributed by atoms with E-state index in [-0.39, 0.29) is 5.41 Å². The van der Waals surface area contributed by atoms with Gasteiger partial charge in [0, 0.05) is 55.5 Å². The highest BCUT2D eigenvalue weighted by atomic mass is 19.1. The zero-order valence-corrected chi connectivity index (χ0v) is 23.1. The van der Waals surface area contributed by atoms with Crippen molar-refractivity contribution in [1.82, 2.24) is 10.1 Å². The van der Waals surface area contributed by atoms with E-state index >= 15 is 0 Å². The lowest BCUT2D eigenvalue weighted by Crippen LogP contribution is -2.37. The standard InChI is InChI=1S/C22H23FN2O3.C8H14N2O/c23-22-16-21(28-13-1-10-25-11-14-27-15-12-25)9-6-19(22)5-2-18-3-7-20(8-4-18)24-17-26;1-8(2,3)6-5-7(9-4)10-11-6/h3-4,6-9,16-17H,1,10-15H2,(H,24,26);5H,1-4H3,(H,9,10). The van der Waals surface area contributed by atoms with Gasteiger partial charge in [-0.3, -0.25) is 9.69 Å². The van der Waals surface area contributed by atoms with Crippen molar-refractivity contribution >= 4 is 17.9 Å². The number of aromatic nitrogens is 1. The number of ether oxygens (including phenoxy) is 2. The normalized spacial score (nSPS) is 13.4. The van der Waals surface area contributed by atoms with Gasteiger partial charge >= 0.3 is 0 Å². The fourth-order valence-corrected chi connectivity index (χ4v) is 3.59. The van der Waals surface area contributed by atoms with Gasteiger partial charge in [0.1, 0.15) is 17.3 Å². The summed E-state index contributed by atoms with van der Waals surface area (Å²) in [5.74, 6) is 7.54. The Morgan fingerprint density at radius 1 is 1.10 bits per heavy atom. The molecule has 2 heterocycles. The Morgan fingerprint density at radius 2 is 1.85 bits per heavy atom. The monoisotopic (exact) mass is 536 g/mol. The number of nitrogens with zero attached hydrogens (tertiary/aromatic N) is 2. The Morgan fingerprint density at radius 3 is 2.44 bits per heavy atom. The maximum Gasteiger partial charge on any atom is 0.211 e. The smallest absolute Gasteiger partial charge is 0.211 e. The molecule has 0 aliphatic carbocycles. The molecule has 39 heavy (non-hydrogen) atoms. The molecule has 2 aromatic carbocycles. The van der Waals surface area contributed by atoms with Crippen LogP contribution < -0.4 is 15.4 Å². The third kappa shape index (κ3) is 10.1. The lowest BCUT2D eigenvalue weighted by atomic mass is 9.93. The number of halogens is 1. The molecule has 2 N–H and O–H groups in total. The van der Waals surface area contributed by atoms with Crippen LogP contribution in [0.15, 0.2) is 53.1 Å². The molecule has 0 atom stereocenters. The second-order valence-electron chi connectivity index (χ2n) is 9.96. The number of hydrogen-bond donors (Lipinski definition) is 2. The predicted molar refractivity (Wildman–Crippen MR) is 151 cm³/mol. The summed E-state index contributed by atoms with van der Waals surface area (Å²) >= 11 is 0. The summed E-state index contributed by atoms with van der Waals surface area (Å²) in [4.78, 5) is 12.7. The van der Waals surface area contributed by atoms with Crippen molar-refractivity contribution in [2.24, 2.45) is 0 Å². The summed E-state index contributed by atoms with van der Waals surface area (Å²) in [6, 6.07) is 13.7. The Balaban J connectivity index is 0.000000320. The van der Waals surface area contributed by atoms with Gasteiger partial charge in [0.15, 0.2) is 5.82 Å². The highest BCUT2D eigenvalue weighted by Crippen LogP contribution is 2.24. The number of morpholine rings is 1. The lowest BCUT2D eigenvalue weighted by Gasteiger charge is -2.26. The SMILES string of the molecule is CNc1cc(C(C)(C)C)on1.O=CNc1ccc(C#Cc2ccc(OCCCN3CCOCC3)cc2F)cc1. The molecule has 208 valence electrons. The Bertz CT molecular complexity index is 1240. The number of carbonyl (C=O) groups is 1. The molecule has 0 bridgehead atoms. The summed E-state index contributed by atoms with van der Waals surface area (Å²) < 4.78 is 30.3. The molecule has 4 rings (SSSR count). The van der Waals surface area contributed by atoms with Gasteiger partial charge in [0.2, 0.25) is 6.41 Å². The first kappa shape index (κ1) is 29.7.